The summed E-state index contributed by atoms with van der Waals surface area (Å²) in [6.45, 7) is 6.13. The quantitative estimate of drug-likeness (QED) is 0.561. The molecule has 0 saturated heterocycles. The second-order valence-electron chi connectivity index (χ2n) is 5.96. The van der Waals surface area contributed by atoms with Crippen molar-refractivity contribution in [2.24, 2.45) is 4.99 Å². The van der Waals surface area contributed by atoms with Gasteiger partial charge in [-0.05, 0) is 53.9 Å². The number of guanidine groups is 1. The van der Waals surface area contributed by atoms with Crippen LogP contribution in [0, 0.1) is 6.92 Å². The van der Waals surface area contributed by atoms with E-state index in [1.165, 1.54) is 5.56 Å². The van der Waals surface area contributed by atoms with Crippen molar-refractivity contribution < 1.29 is 9.84 Å². The molecule has 6 heteroatoms. The lowest BCUT2D eigenvalue weighted by Crippen LogP contribution is -2.39. The van der Waals surface area contributed by atoms with Gasteiger partial charge in [0.25, 0.3) is 0 Å². The highest BCUT2D eigenvalue weighted by Gasteiger charge is 2.10. The van der Waals surface area contributed by atoms with Gasteiger partial charge in [-0.2, -0.15) is 11.3 Å². The SMILES string of the molecule is CCNC(=NCC(O)COc1cccc(C)c1)N(C)Cc1ccsc1. The van der Waals surface area contributed by atoms with Gasteiger partial charge < -0.3 is 20.1 Å². The summed E-state index contributed by atoms with van der Waals surface area (Å²) in [5, 5.41) is 17.6. The predicted octanol–water partition coefficient (Wildman–Crippen LogP) is 2.89. The number of aliphatic hydroxyl groups excluding tert-OH is 1. The van der Waals surface area contributed by atoms with Crippen LogP contribution in [0.5, 0.6) is 5.75 Å². The summed E-state index contributed by atoms with van der Waals surface area (Å²) in [6.07, 6.45) is -0.649. The average Bonchev–Trinajstić information content (AvgIpc) is 3.09. The molecule has 0 bridgehead atoms. The van der Waals surface area contributed by atoms with E-state index in [1.807, 2.05) is 45.2 Å². The number of benzene rings is 1. The van der Waals surface area contributed by atoms with Crippen molar-refractivity contribution in [3.63, 3.8) is 0 Å². The first-order valence-electron chi connectivity index (χ1n) is 8.46. The van der Waals surface area contributed by atoms with E-state index in [9.17, 15) is 5.11 Å². The normalized spacial score (nSPS) is 12.7. The number of ether oxygens (including phenoxy) is 1. The molecule has 136 valence electrons. The third-order valence-electron chi connectivity index (χ3n) is 3.58. The van der Waals surface area contributed by atoms with Crippen LogP contribution in [0.3, 0.4) is 0 Å². The molecule has 0 saturated carbocycles. The highest BCUT2D eigenvalue weighted by Crippen LogP contribution is 2.12. The Labute approximate surface area is 154 Å². The van der Waals surface area contributed by atoms with E-state index in [-0.39, 0.29) is 6.61 Å². The van der Waals surface area contributed by atoms with Gasteiger partial charge in [0.05, 0.1) is 6.54 Å². The molecule has 25 heavy (non-hydrogen) atoms. The molecule has 0 aliphatic heterocycles. The summed E-state index contributed by atoms with van der Waals surface area (Å²) in [5.74, 6) is 1.55. The lowest BCUT2D eigenvalue weighted by molar-refractivity contribution is 0.114. The zero-order valence-electron chi connectivity index (χ0n) is 15.1. The molecule has 1 heterocycles. The van der Waals surface area contributed by atoms with Gasteiger partial charge in [-0.25, -0.2) is 0 Å². The molecular weight excluding hydrogens is 334 g/mol. The van der Waals surface area contributed by atoms with Gasteiger partial charge in [-0.3, -0.25) is 4.99 Å². The maximum atomic E-state index is 10.2. The van der Waals surface area contributed by atoms with E-state index in [4.69, 9.17) is 4.74 Å². The minimum Gasteiger partial charge on any atom is -0.491 e. The Hall–Kier alpha value is -2.05. The van der Waals surface area contributed by atoms with Gasteiger partial charge in [0.15, 0.2) is 5.96 Å². The van der Waals surface area contributed by atoms with Gasteiger partial charge in [0.1, 0.15) is 18.5 Å². The fourth-order valence-corrected chi connectivity index (χ4v) is 3.00. The Balaban J connectivity index is 1.86. The Bertz CT molecular complexity index is 658. The molecule has 0 amide bonds. The number of thiophene rings is 1. The van der Waals surface area contributed by atoms with Gasteiger partial charge >= 0.3 is 0 Å². The minimum absolute atomic E-state index is 0.223. The lowest BCUT2D eigenvalue weighted by Gasteiger charge is -2.22. The Morgan fingerprint density at radius 3 is 2.92 bits per heavy atom. The molecule has 0 radical (unpaired) electrons. The van der Waals surface area contributed by atoms with E-state index in [0.717, 1.165) is 30.4 Å². The third kappa shape index (κ3) is 6.76. The maximum Gasteiger partial charge on any atom is 0.194 e. The number of hydrogen-bond acceptors (Lipinski definition) is 4. The molecule has 0 aliphatic carbocycles. The van der Waals surface area contributed by atoms with Crippen molar-refractivity contribution in [1.29, 1.82) is 0 Å². The number of aryl methyl sites for hydroxylation is 1. The molecule has 0 fully saturated rings. The zero-order valence-corrected chi connectivity index (χ0v) is 15.9. The van der Waals surface area contributed by atoms with Gasteiger partial charge in [-0.15, -0.1) is 0 Å². The van der Waals surface area contributed by atoms with Crippen LogP contribution in [-0.4, -0.2) is 48.8 Å². The topological polar surface area (TPSA) is 57.1 Å². The van der Waals surface area contributed by atoms with Crippen LogP contribution in [0.4, 0.5) is 0 Å². The summed E-state index contributed by atoms with van der Waals surface area (Å²) in [4.78, 5) is 6.58. The van der Waals surface area contributed by atoms with E-state index in [2.05, 4.69) is 32.0 Å². The van der Waals surface area contributed by atoms with Gasteiger partial charge in [-0.1, -0.05) is 12.1 Å². The number of hydrogen-bond donors (Lipinski definition) is 2. The number of aliphatic hydroxyl groups is 1. The second kappa shape index (κ2) is 10.1. The van der Waals surface area contributed by atoms with Crippen LogP contribution in [0.2, 0.25) is 0 Å². The Morgan fingerprint density at radius 2 is 2.24 bits per heavy atom. The van der Waals surface area contributed by atoms with Crippen LogP contribution >= 0.6 is 11.3 Å². The smallest absolute Gasteiger partial charge is 0.194 e. The second-order valence-corrected chi connectivity index (χ2v) is 6.74. The summed E-state index contributed by atoms with van der Waals surface area (Å²) < 4.78 is 5.63. The highest BCUT2D eigenvalue weighted by molar-refractivity contribution is 7.07. The maximum absolute atomic E-state index is 10.2. The first-order valence-corrected chi connectivity index (χ1v) is 9.40. The monoisotopic (exact) mass is 361 g/mol. The van der Waals surface area contributed by atoms with Gasteiger partial charge in [0.2, 0.25) is 0 Å². The van der Waals surface area contributed by atoms with E-state index in [1.54, 1.807) is 11.3 Å². The fourth-order valence-electron chi connectivity index (χ4n) is 2.34. The first kappa shape index (κ1) is 19.3. The summed E-state index contributed by atoms with van der Waals surface area (Å²) in [5.41, 5.74) is 2.39. The zero-order chi connectivity index (χ0) is 18.1. The molecule has 1 aromatic heterocycles. The van der Waals surface area contributed by atoms with Crippen molar-refractivity contribution in [3.8, 4) is 5.75 Å². The van der Waals surface area contributed by atoms with Crippen molar-refractivity contribution in [3.05, 3.63) is 52.2 Å². The molecule has 0 aliphatic rings. The van der Waals surface area contributed by atoms with Crippen LogP contribution in [0.15, 0.2) is 46.1 Å². The van der Waals surface area contributed by atoms with Crippen molar-refractivity contribution in [2.45, 2.75) is 26.5 Å². The number of aliphatic imine (C=N–C) groups is 1. The van der Waals surface area contributed by atoms with Crippen molar-refractivity contribution >= 4 is 17.3 Å². The molecule has 2 rings (SSSR count). The molecule has 0 spiro atoms. The Morgan fingerprint density at radius 1 is 1.40 bits per heavy atom. The van der Waals surface area contributed by atoms with Crippen LogP contribution < -0.4 is 10.1 Å². The largest absolute Gasteiger partial charge is 0.491 e. The van der Waals surface area contributed by atoms with E-state index < -0.39 is 6.10 Å². The predicted molar refractivity (Wildman–Crippen MR) is 104 cm³/mol. The third-order valence-corrected chi connectivity index (χ3v) is 4.31. The molecule has 1 atom stereocenters. The number of nitrogens with zero attached hydrogens (tertiary/aromatic N) is 2. The summed E-state index contributed by atoms with van der Waals surface area (Å²) in [7, 11) is 1.99. The molecule has 1 aromatic carbocycles. The van der Waals surface area contributed by atoms with E-state index in [0.29, 0.717) is 6.54 Å². The van der Waals surface area contributed by atoms with Crippen molar-refractivity contribution in [1.82, 2.24) is 10.2 Å². The van der Waals surface area contributed by atoms with Crippen LogP contribution in [-0.2, 0) is 6.54 Å². The van der Waals surface area contributed by atoms with Crippen LogP contribution in [0.25, 0.3) is 0 Å². The molecule has 2 aromatic rings. The highest BCUT2D eigenvalue weighted by atomic mass is 32.1. The first-order chi connectivity index (χ1) is 12.1. The molecule has 2 N–H and O–H groups in total. The number of rotatable bonds is 8. The van der Waals surface area contributed by atoms with Crippen molar-refractivity contribution in [2.75, 3.05) is 26.7 Å². The van der Waals surface area contributed by atoms with Gasteiger partial charge in [0, 0.05) is 20.1 Å². The number of nitrogens with one attached hydrogen (secondary N) is 1. The Kier molecular flexibility index (Phi) is 7.76. The minimum atomic E-state index is -0.649. The fraction of sp³-hybridized carbons (Fsp3) is 0.421. The standard InChI is InChI=1S/C19H27N3O2S/c1-4-20-19(22(3)12-16-8-9-25-14-16)21-11-17(23)13-24-18-7-5-6-15(2)10-18/h5-10,14,17,23H,4,11-13H2,1-3H3,(H,20,21). The molecule has 5 nitrogen and oxygen atoms in total. The summed E-state index contributed by atoms with van der Waals surface area (Å²) >= 11 is 1.69. The molecule has 1 unspecified atom stereocenters. The summed E-state index contributed by atoms with van der Waals surface area (Å²) in [6, 6.07) is 9.91. The van der Waals surface area contributed by atoms with E-state index >= 15 is 0 Å². The molecular formula is C19H27N3O2S. The average molecular weight is 362 g/mol. The van der Waals surface area contributed by atoms with Crippen LogP contribution in [0.1, 0.15) is 18.1 Å². The lowest BCUT2D eigenvalue weighted by atomic mass is 10.2.